The molecule has 0 amide bonds. The number of ether oxygens (including phenoxy) is 3. The molecule has 0 aliphatic heterocycles. The first-order valence-electron chi connectivity index (χ1n) is 30.2. The van der Waals surface area contributed by atoms with E-state index in [1.807, 2.05) is 0 Å². The highest BCUT2D eigenvalue weighted by Gasteiger charge is 2.19. The van der Waals surface area contributed by atoms with Gasteiger partial charge in [-0.25, -0.2) is 0 Å². The van der Waals surface area contributed by atoms with E-state index in [1.54, 1.807) is 0 Å². The largest absolute Gasteiger partial charge is 0.462 e. The number of carbonyl (C=O) groups is 3. The third-order valence-electron chi connectivity index (χ3n) is 12.8. The molecule has 0 aromatic carbocycles. The zero-order valence-electron chi connectivity index (χ0n) is 47.2. The van der Waals surface area contributed by atoms with E-state index in [1.165, 1.54) is 135 Å². The third-order valence-corrected chi connectivity index (χ3v) is 12.8. The zero-order chi connectivity index (χ0) is 52.2. The Labute approximate surface area is 445 Å². The fourth-order valence-electron chi connectivity index (χ4n) is 8.30. The molecule has 0 rings (SSSR count). The number of carbonyl (C=O) groups excluding carboxylic acids is 3. The van der Waals surface area contributed by atoms with Gasteiger partial charge in [0.2, 0.25) is 0 Å². The van der Waals surface area contributed by atoms with E-state index in [4.69, 9.17) is 14.2 Å². The average Bonchev–Trinajstić information content (AvgIpc) is 3.38. The molecule has 0 heterocycles. The molecule has 0 aliphatic rings. The molecule has 0 aliphatic carbocycles. The van der Waals surface area contributed by atoms with Gasteiger partial charge in [0, 0.05) is 19.3 Å². The van der Waals surface area contributed by atoms with Gasteiger partial charge in [0.25, 0.3) is 0 Å². The number of allylic oxidation sites excluding steroid dienone is 16. The molecule has 0 aromatic rings. The van der Waals surface area contributed by atoms with Gasteiger partial charge in [-0.3, -0.25) is 14.4 Å². The van der Waals surface area contributed by atoms with Crippen LogP contribution in [0.15, 0.2) is 97.2 Å². The summed E-state index contributed by atoms with van der Waals surface area (Å²) in [5, 5.41) is 0. The van der Waals surface area contributed by atoms with Crippen LogP contribution in [-0.4, -0.2) is 37.2 Å². The summed E-state index contributed by atoms with van der Waals surface area (Å²) >= 11 is 0. The molecule has 6 nitrogen and oxygen atoms in total. The normalized spacial score (nSPS) is 12.8. The summed E-state index contributed by atoms with van der Waals surface area (Å²) in [6.07, 6.45) is 80.1. The SMILES string of the molecule is CC/C=C\C/C=C\C/C=C\C/C=C\C/C=C\C/C=C\C/C=C\CCCCCCCCCCCC(=O)OCC(COC(=O)CCCCCCCC)OC(=O)CCCCCCCCC/C=C\CCCCCCCC. The molecule has 412 valence electrons. The Kier molecular flexibility index (Phi) is 56.8. The van der Waals surface area contributed by atoms with Gasteiger partial charge in [-0.05, 0) is 103 Å². The van der Waals surface area contributed by atoms with Gasteiger partial charge >= 0.3 is 17.9 Å². The second kappa shape index (κ2) is 59.9. The van der Waals surface area contributed by atoms with Gasteiger partial charge in [0.15, 0.2) is 6.10 Å². The van der Waals surface area contributed by atoms with Gasteiger partial charge < -0.3 is 14.2 Å². The highest BCUT2D eigenvalue weighted by molar-refractivity contribution is 5.71. The number of esters is 3. The van der Waals surface area contributed by atoms with Crippen LogP contribution in [0.4, 0.5) is 0 Å². The first-order valence-corrected chi connectivity index (χ1v) is 30.2. The van der Waals surface area contributed by atoms with E-state index >= 15 is 0 Å². The van der Waals surface area contributed by atoms with Gasteiger partial charge in [0.1, 0.15) is 13.2 Å². The van der Waals surface area contributed by atoms with Crippen LogP contribution in [-0.2, 0) is 28.6 Å². The molecule has 0 N–H and O–H groups in total. The van der Waals surface area contributed by atoms with Crippen molar-refractivity contribution in [3.8, 4) is 0 Å². The van der Waals surface area contributed by atoms with E-state index in [-0.39, 0.29) is 31.1 Å². The van der Waals surface area contributed by atoms with Crippen molar-refractivity contribution >= 4 is 17.9 Å². The molecular formula is C66H112O6. The minimum atomic E-state index is -0.779. The Morgan fingerprint density at radius 1 is 0.292 bits per heavy atom. The lowest BCUT2D eigenvalue weighted by Crippen LogP contribution is -2.30. The molecular weight excluding hydrogens is 889 g/mol. The lowest BCUT2D eigenvalue weighted by Gasteiger charge is -2.18. The van der Waals surface area contributed by atoms with E-state index < -0.39 is 6.10 Å². The van der Waals surface area contributed by atoms with Gasteiger partial charge in [-0.1, -0.05) is 259 Å². The molecule has 0 spiro atoms. The summed E-state index contributed by atoms with van der Waals surface area (Å²) in [6.45, 7) is 6.46. The monoisotopic (exact) mass is 1000 g/mol. The summed E-state index contributed by atoms with van der Waals surface area (Å²) in [4.78, 5) is 37.9. The van der Waals surface area contributed by atoms with Gasteiger partial charge in [-0.15, -0.1) is 0 Å². The number of unbranched alkanes of at least 4 members (excludes halogenated alkanes) is 27. The van der Waals surface area contributed by atoms with Crippen LogP contribution in [0.5, 0.6) is 0 Å². The summed E-state index contributed by atoms with van der Waals surface area (Å²) in [6, 6.07) is 0. The summed E-state index contributed by atoms with van der Waals surface area (Å²) < 4.78 is 16.8. The van der Waals surface area contributed by atoms with Crippen molar-refractivity contribution in [3.63, 3.8) is 0 Å². The molecule has 0 saturated heterocycles. The van der Waals surface area contributed by atoms with Crippen LogP contribution in [0.3, 0.4) is 0 Å². The molecule has 1 unspecified atom stereocenters. The minimum absolute atomic E-state index is 0.0797. The summed E-state index contributed by atoms with van der Waals surface area (Å²) in [5.74, 6) is -0.895. The molecule has 0 fully saturated rings. The van der Waals surface area contributed by atoms with E-state index in [0.717, 1.165) is 109 Å². The Bertz CT molecular complexity index is 1430. The highest BCUT2D eigenvalue weighted by Crippen LogP contribution is 2.15. The van der Waals surface area contributed by atoms with Crippen molar-refractivity contribution in [1.29, 1.82) is 0 Å². The maximum absolute atomic E-state index is 12.8. The van der Waals surface area contributed by atoms with Crippen LogP contribution in [0.25, 0.3) is 0 Å². The summed E-state index contributed by atoms with van der Waals surface area (Å²) in [7, 11) is 0. The first kappa shape index (κ1) is 68.3. The lowest BCUT2D eigenvalue weighted by molar-refractivity contribution is -0.167. The molecule has 0 bridgehead atoms. The second-order valence-corrected chi connectivity index (χ2v) is 19.9. The lowest BCUT2D eigenvalue weighted by atomic mass is 10.1. The van der Waals surface area contributed by atoms with E-state index in [9.17, 15) is 14.4 Å². The Balaban J connectivity index is 4.11. The minimum Gasteiger partial charge on any atom is -0.462 e. The number of hydrogen-bond acceptors (Lipinski definition) is 6. The Morgan fingerprint density at radius 3 is 0.861 bits per heavy atom. The second-order valence-electron chi connectivity index (χ2n) is 19.9. The van der Waals surface area contributed by atoms with Gasteiger partial charge in [0.05, 0.1) is 0 Å². The van der Waals surface area contributed by atoms with E-state index in [2.05, 4.69) is 118 Å². The van der Waals surface area contributed by atoms with Crippen LogP contribution in [0.1, 0.15) is 284 Å². The smallest absolute Gasteiger partial charge is 0.306 e. The fraction of sp³-hybridized carbons (Fsp3) is 0.712. The van der Waals surface area contributed by atoms with Crippen LogP contribution < -0.4 is 0 Å². The molecule has 0 aromatic heterocycles. The van der Waals surface area contributed by atoms with E-state index in [0.29, 0.717) is 19.3 Å². The quantitative estimate of drug-likeness (QED) is 0.0261. The maximum Gasteiger partial charge on any atom is 0.306 e. The topological polar surface area (TPSA) is 78.9 Å². The standard InChI is InChI=1S/C66H112O6/c1-4-7-10-13-16-18-20-22-24-26-27-28-29-30-31-32-33-34-35-36-37-38-39-41-42-44-46-48-50-53-56-59-65(68)71-62-63(61-70-64(67)58-55-52-15-12-9-6-3)72-66(69)60-57-54-51-49-47-45-43-40-25-23-21-19-17-14-11-8-5-2/h7,10,16,18,22-25,27-28,30-31,33-34,36-37,63H,4-6,8-9,11-15,17,19-21,26,29,32,35,38-62H2,1-3H3/b10-7-,18-16-,24-22-,25-23-,28-27-,31-30-,34-33-,37-36-. The zero-order valence-corrected chi connectivity index (χ0v) is 47.2. The van der Waals surface area contributed by atoms with Crippen molar-refractivity contribution in [2.24, 2.45) is 0 Å². The van der Waals surface area contributed by atoms with Crippen molar-refractivity contribution in [2.45, 2.75) is 290 Å². The average molecular weight is 1000 g/mol. The van der Waals surface area contributed by atoms with Gasteiger partial charge in [-0.2, -0.15) is 0 Å². The number of hydrogen-bond donors (Lipinski definition) is 0. The first-order chi connectivity index (χ1) is 35.5. The maximum atomic E-state index is 12.8. The Hall–Kier alpha value is -3.67. The molecule has 0 saturated carbocycles. The van der Waals surface area contributed by atoms with Crippen LogP contribution in [0.2, 0.25) is 0 Å². The molecule has 6 heteroatoms. The van der Waals surface area contributed by atoms with Crippen molar-refractivity contribution in [1.82, 2.24) is 0 Å². The summed E-state index contributed by atoms with van der Waals surface area (Å²) in [5.41, 5.74) is 0. The van der Waals surface area contributed by atoms with Crippen LogP contribution >= 0.6 is 0 Å². The molecule has 72 heavy (non-hydrogen) atoms. The predicted octanol–water partition coefficient (Wildman–Crippen LogP) is 20.5. The highest BCUT2D eigenvalue weighted by atomic mass is 16.6. The molecule has 0 radical (unpaired) electrons. The van der Waals surface area contributed by atoms with Crippen molar-refractivity contribution in [3.05, 3.63) is 97.2 Å². The Morgan fingerprint density at radius 2 is 0.542 bits per heavy atom. The number of rotatable bonds is 54. The van der Waals surface area contributed by atoms with Crippen LogP contribution in [0, 0.1) is 0 Å². The fourth-order valence-corrected chi connectivity index (χ4v) is 8.30. The molecule has 1 atom stereocenters. The third kappa shape index (κ3) is 57.2. The predicted molar refractivity (Wildman–Crippen MR) is 311 cm³/mol. The van der Waals surface area contributed by atoms with Crippen molar-refractivity contribution in [2.75, 3.05) is 13.2 Å². The van der Waals surface area contributed by atoms with Crippen molar-refractivity contribution < 1.29 is 28.6 Å².